The van der Waals surface area contributed by atoms with E-state index in [9.17, 15) is 19.5 Å². The van der Waals surface area contributed by atoms with Crippen molar-refractivity contribution in [3.63, 3.8) is 0 Å². The lowest BCUT2D eigenvalue weighted by Gasteiger charge is -2.39. The summed E-state index contributed by atoms with van der Waals surface area (Å²) in [5.41, 5.74) is 3.73. The fourth-order valence-corrected chi connectivity index (χ4v) is 6.96. The summed E-state index contributed by atoms with van der Waals surface area (Å²) in [5, 5.41) is 11.5. The summed E-state index contributed by atoms with van der Waals surface area (Å²) in [6, 6.07) is 21.4. The van der Waals surface area contributed by atoms with Gasteiger partial charge < -0.3 is 18.8 Å². The minimum absolute atomic E-state index is 0.0275. The molecule has 2 atom stereocenters. The molecule has 0 bridgehead atoms. The van der Waals surface area contributed by atoms with E-state index in [4.69, 9.17) is 8.84 Å². The molecule has 1 aromatic heterocycles. The van der Waals surface area contributed by atoms with Crippen molar-refractivity contribution < 1.29 is 28.3 Å². The molecule has 1 fully saturated rings. The van der Waals surface area contributed by atoms with Gasteiger partial charge in [0.1, 0.15) is 17.1 Å². The third-order valence-corrected chi connectivity index (χ3v) is 13.8. The zero-order valence-corrected chi connectivity index (χ0v) is 27.4. The van der Waals surface area contributed by atoms with E-state index in [0.29, 0.717) is 30.7 Å². The summed E-state index contributed by atoms with van der Waals surface area (Å²) in [6.45, 7) is 12.4. The largest absolute Gasteiger partial charge is 0.481 e. The van der Waals surface area contributed by atoms with E-state index in [1.807, 2.05) is 30.3 Å². The fraction of sp³-hybridized carbons (Fsp3) is 0.417. The lowest BCUT2D eigenvalue weighted by Crippen LogP contribution is -2.42. The minimum atomic E-state index is -2.14. The molecule has 3 aromatic carbocycles. The average Bonchev–Trinajstić information content (AvgIpc) is 3.36. The first kappa shape index (κ1) is 31.7. The molecular formula is C36H43NO6Si. The van der Waals surface area contributed by atoms with Crippen LogP contribution in [0.15, 0.2) is 71.1 Å². The number of rotatable bonds is 10. The van der Waals surface area contributed by atoms with Crippen LogP contribution in [-0.2, 0) is 20.4 Å². The molecule has 232 valence electrons. The summed E-state index contributed by atoms with van der Waals surface area (Å²) in [5.74, 6) is -3.58. The monoisotopic (exact) mass is 613 g/mol. The molecule has 0 saturated carbocycles. The molecular weight excluding hydrogens is 570 g/mol. The predicted octanol–water partition coefficient (Wildman–Crippen LogP) is 8.18. The topological polar surface area (TPSA) is 97.0 Å². The van der Waals surface area contributed by atoms with Crippen LogP contribution < -0.4 is 0 Å². The van der Waals surface area contributed by atoms with Gasteiger partial charge in [0, 0.05) is 42.3 Å². The summed E-state index contributed by atoms with van der Waals surface area (Å²) >= 11 is 0. The first-order valence-electron chi connectivity index (χ1n) is 15.6. The highest BCUT2D eigenvalue weighted by Crippen LogP contribution is 2.41. The Balaban J connectivity index is 1.49. The van der Waals surface area contributed by atoms with Crippen molar-refractivity contribution in [1.82, 2.24) is 4.90 Å². The van der Waals surface area contributed by atoms with Gasteiger partial charge in [0.25, 0.3) is 0 Å². The Morgan fingerprint density at radius 3 is 2.18 bits per heavy atom. The van der Waals surface area contributed by atoms with Gasteiger partial charge >= 0.3 is 5.97 Å². The van der Waals surface area contributed by atoms with Crippen LogP contribution in [-0.4, -0.2) is 49.1 Å². The SMILES string of the molecule is CC(C)(C)[Si](C)(C)OC(Cc1ccccc1)c1ccc2oc3ccc(C(=O)C(CC(=O)N4CCCCC4)C(=O)O)cc3c2c1. The molecule has 7 nitrogen and oxygen atoms in total. The first-order chi connectivity index (χ1) is 20.8. The zero-order chi connectivity index (χ0) is 31.6. The number of aliphatic carboxylic acids is 1. The second-order valence-corrected chi connectivity index (χ2v) is 18.3. The number of hydrogen-bond donors (Lipinski definition) is 1. The van der Waals surface area contributed by atoms with Gasteiger partial charge in [-0.1, -0.05) is 57.2 Å². The fourth-order valence-electron chi connectivity index (χ4n) is 5.68. The van der Waals surface area contributed by atoms with Crippen LogP contribution in [0, 0.1) is 5.92 Å². The van der Waals surface area contributed by atoms with Crippen molar-refractivity contribution >= 4 is 47.9 Å². The summed E-state index contributed by atoms with van der Waals surface area (Å²) in [6.07, 6.45) is 3.04. The number of carbonyl (C=O) groups excluding carboxylic acids is 2. The second kappa shape index (κ2) is 12.7. The number of ketones is 1. The standard InChI is InChI=1S/C36H43NO6Si/c1-36(2,3)44(4,5)43-32(20-24-12-8-6-9-13-24)25-14-16-30-27(21-25)28-22-26(15-17-31(28)42-30)34(39)29(35(40)41)23-33(38)37-18-10-7-11-19-37/h6,8-9,12-17,21-22,29,32H,7,10-11,18-20,23H2,1-5H3,(H,40,41). The summed E-state index contributed by atoms with van der Waals surface area (Å²) < 4.78 is 13.1. The molecule has 1 aliphatic heterocycles. The van der Waals surface area contributed by atoms with Crippen molar-refractivity contribution in [2.24, 2.45) is 5.92 Å². The van der Waals surface area contributed by atoms with Gasteiger partial charge in [-0.25, -0.2) is 0 Å². The number of nitrogens with zero attached hydrogens (tertiary/aromatic N) is 1. The number of fused-ring (bicyclic) bond motifs is 3. The number of Topliss-reactive ketones (excluding diaryl/α,β-unsaturated/α-hetero) is 1. The van der Waals surface area contributed by atoms with Gasteiger partial charge in [-0.05, 0) is 78.9 Å². The van der Waals surface area contributed by atoms with Crippen LogP contribution in [0.4, 0.5) is 0 Å². The van der Waals surface area contributed by atoms with E-state index in [2.05, 4.69) is 52.1 Å². The third-order valence-electron chi connectivity index (χ3n) is 9.36. The van der Waals surface area contributed by atoms with E-state index >= 15 is 0 Å². The Morgan fingerprint density at radius 2 is 1.55 bits per heavy atom. The first-order valence-corrected chi connectivity index (χ1v) is 18.5. The quantitative estimate of drug-likeness (QED) is 0.110. The number of furan rings is 1. The second-order valence-electron chi connectivity index (χ2n) is 13.5. The van der Waals surface area contributed by atoms with Gasteiger partial charge in [0.05, 0.1) is 6.10 Å². The van der Waals surface area contributed by atoms with Crippen molar-refractivity contribution in [1.29, 1.82) is 0 Å². The number of likely N-dealkylation sites (tertiary alicyclic amines) is 1. The average molecular weight is 614 g/mol. The number of amides is 1. The maximum Gasteiger partial charge on any atom is 0.314 e. The Kier molecular flexibility index (Phi) is 9.14. The number of hydrogen-bond acceptors (Lipinski definition) is 5. The molecule has 0 radical (unpaired) electrons. The molecule has 8 heteroatoms. The normalized spacial score (nSPS) is 15.8. The van der Waals surface area contributed by atoms with E-state index in [1.165, 1.54) is 5.56 Å². The maximum atomic E-state index is 13.5. The molecule has 2 unspecified atom stereocenters. The molecule has 5 rings (SSSR count). The Morgan fingerprint density at radius 1 is 0.909 bits per heavy atom. The van der Waals surface area contributed by atoms with Crippen LogP contribution in [0.5, 0.6) is 0 Å². The van der Waals surface area contributed by atoms with Crippen LogP contribution in [0.3, 0.4) is 0 Å². The van der Waals surface area contributed by atoms with E-state index < -0.39 is 26.0 Å². The van der Waals surface area contributed by atoms with Crippen LogP contribution in [0.25, 0.3) is 21.9 Å². The predicted molar refractivity (Wildman–Crippen MR) is 175 cm³/mol. The molecule has 1 aliphatic rings. The lowest BCUT2D eigenvalue weighted by atomic mass is 9.92. The van der Waals surface area contributed by atoms with E-state index in [-0.39, 0.29) is 29.0 Å². The number of carbonyl (C=O) groups is 3. The Labute approximate surface area is 260 Å². The molecule has 2 heterocycles. The van der Waals surface area contributed by atoms with Gasteiger partial charge in [0.15, 0.2) is 14.1 Å². The van der Waals surface area contributed by atoms with Crippen molar-refractivity contribution in [3.8, 4) is 0 Å². The third kappa shape index (κ3) is 6.81. The molecule has 1 amide bonds. The van der Waals surface area contributed by atoms with Crippen molar-refractivity contribution in [2.75, 3.05) is 13.1 Å². The molecule has 4 aromatic rings. The van der Waals surface area contributed by atoms with E-state index in [1.54, 1.807) is 23.1 Å². The van der Waals surface area contributed by atoms with Gasteiger partial charge in [-0.3, -0.25) is 14.4 Å². The number of carboxylic acid groups (broad SMARTS) is 1. The smallest absolute Gasteiger partial charge is 0.314 e. The summed E-state index contributed by atoms with van der Waals surface area (Å²) in [7, 11) is -2.14. The van der Waals surface area contributed by atoms with Gasteiger partial charge in [0.2, 0.25) is 5.91 Å². The molecule has 0 aliphatic carbocycles. The zero-order valence-electron chi connectivity index (χ0n) is 26.4. The maximum absolute atomic E-state index is 13.5. The number of carboxylic acids is 1. The number of benzene rings is 3. The molecule has 1 saturated heterocycles. The number of piperidine rings is 1. The van der Waals surface area contributed by atoms with Gasteiger partial charge in [-0.2, -0.15) is 0 Å². The Hall–Kier alpha value is -3.75. The van der Waals surface area contributed by atoms with E-state index in [0.717, 1.165) is 35.6 Å². The summed E-state index contributed by atoms with van der Waals surface area (Å²) in [4.78, 5) is 40.3. The highest BCUT2D eigenvalue weighted by molar-refractivity contribution is 6.74. The lowest BCUT2D eigenvalue weighted by molar-refractivity contribution is -0.144. The molecule has 1 N–H and O–H groups in total. The van der Waals surface area contributed by atoms with Crippen molar-refractivity contribution in [3.05, 3.63) is 83.4 Å². The minimum Gasteiger partial charge on any atom is -0.481 e. The van der Waals surface area contributed by atoms with Crippen LogP contribution in [0.2, 0.25) is 18.1 Å². The van der Waals surface area contributed by atoms with Crippen LogP contribution >= 0.6 is 0 Å². The Bertz CT molecular complexity index is 1660. The van der Waals surface area contributed by atoms with Crippen molar-refractivity contribution in [2.45, 2.75) is 77.1 Å². The highest BCUT2D eigenvalue weighted by atomic mass is 28.4. The highest BCUT2D eigenvalue weighted by Gasteiger charge is 2.39. The molecule has 0 spiro atoms. The molecule has 44 heavy (non-hydrogen) atoms. The van der Waals surface area contributed by atoms with Gasteiger partial charge in [-0.15, -0.1) is 0 Å². The van der Waals surface area contributed by atoms with Crippen LogP contribution in [0.1, 0.15) is 74.0 Å².